The van der Waals surface area contributed by atoms with Crippen molar-refractivity contribution in [3.63, 3.8) is 0 Å². The first-order valence-corrected chi connectivity index (χ1v) is 6.39. The molecule has 76 valence electrons. The normalized spacial score (nSPS) is 12.3. The van der Waals surface area contributed by atoms with E-state index >= 15 is 0 Å². The van der Waals surface area contributed by atoms with E-state index in [0.717, 1.165) is 16.6 Å². The molecule has 0 unspecified atom stereocenters. The van der Waals surface area contributed by atoms with Crippen molar-refractivity contribution in [3.8, 4) is 0 Å². The SMILES string of the molecule is FC(F)(F)c1ccc([Se]/C=C/Br)cc1. The molecule has 0 fully saturated rings. The van der Waals surface area contributed by atoms with Gasteiger partial charge in [0.1, 0.15) is 0 Å². The van der Waals surface area contributed by atoms with Crippen LogP contribution in [0.1, 0.15) is 5.56 Å². The van der Waals surface area contributed by atoms with Crippen molar-refractivity contribution >= 4 is 35.3 Å². The summed E-state index contributed by atoms with van der Waals surface area (Å²) in [5.74, 6) is 0. The van der Waals surface area contributed by atoms with Gasteiger partial charge in [-0.1, -0.05) is 0 Å². The van der Waals surface area contributed by atoms with Gasteiger partial charge >= 0.3 is 94.5 Å². The molecule has 0 aliphatic heterocycles. The summed E-state index contributed by atoms with van der Waals surface area (Å²) in [5, 5.41) is 0. The first-order chi connectivity index (χ1) is 6.54. The Morgan fingerprint density at radius 3 is 2.14 bits per heavy atom. The standard InChI is InChI=1S/C9H6BrF3Se/c10-5-6-14-8-3-1-7(2-4-8)9(11,12)13/h1-6H/b6-5+. The average molecular weight is 330 g/mol. The minimum atomic E-state index is -4.24. The van der Waals surface area contributed by atoms with Gasteiger partial charge in [0.2, 0.25) is 0 Å². The number of hydrogen-bond acceptors (Lipinski definition) is 0. The molecule has 0 aromatic heterocycles. The molecule has 1 aromatic rings. The second-order valence-corrected chi connectivity index (χ2v) is 4.99. The van der Waals surface area contributed by atoms with Gasteiger partial charge in [-0.05, 0) is 0 Å². The van der Waals surface area contributed by atoms with Gasteiger partial charge in [-0.25, -0.2) is 0 Å². The van der Waals surface area contributed by atoms with E-state index in [1.54, 1.807) is 4.99 Å². The van der Waals surface area contributed by atoms with Crippen LogP contribution in [0, 0.1) is 0 Å². The molecule has 0 amide bonds. The number of benzene rings is 1. The molecule has 0 saturated heterocycles. The predicted octanol–water partition coefficient (Wildman–Crippen LogP) is 2.90. The molecule has 0 nitrogen and oxygen atoms in total. The zero-order chi connectivity index (χ0) is 10.6. The molecule has 0 N–H and O–H groups in total. The van der Waals surface area contributed by atoms with Gasteiger partial charge in [0.15, 0.2) is 0 Å². The summed E-state index contributed by atoms with van der Waals surface area (Å²) in [4.78, 5) is 3.60. The van der Waals surface area contributed by atoms with Crippen LogP contribution in [0.3, 0.4) is 0 Å². The van der Waals surface area contributed by atoms with Gasteiger partial charge in [-0.2, -0.15) is 0 Å². The predicted molar refractivity (Wildman–Crippen MR) is 54.9 cm³/mol. The van der Waals surface area contributed by atoms with E-state index in [1.165, 1.54) is 12.1 Å². The van der Waals surface area contributed by atoms with Crippen molar-refractivity contribution in [1.29, 1.82) is 0 Å². The van der Waals surface area contributed by atoms with Crippen LogP contribution in [0.5, 0.6) is 0 Å². The van der Waals surface area contributed by atoms with E-state index in [2.05, 4.69) is 15.9 Å². The Bertz CT molecular complexity index is 316. The number of hydrogen-bond donors (Lipinski definition) is 0. The van der Waals surface area contributed by atoms with Gasteiger partial charge < -0.3 is 0 Å². The van der Waals surface area contributed by atoms with Crippen LogP contribution in [0.25, 0.3) is 0 Å². The summed E-state index contributed by atoms with van der Waals surface area (Å²) in [5.41, 5.74) is -0.597. The van der Waals surface area contributed by atoms with Crippen LogP contribution in [0.2, 0.25) is 0 Å². The second kappa shape index (κ2) is 5.01. The maximum atomic E-state index is 12.2. The van der Waals surface area contributed by atoms with Crippen LogP contribution >= 0.6 is 15.9 Å². The molecule has 0 bridgehead atoms. The molecular formula is C9H6BrF3Se. The summed E-state index contributed by atoms with van der Waals surface area (Å²) in [6.07, 6.45) is -4.24. The number of halogens is 4. The average Bonchev–Trinajstić information content (AvgIpc) is 2.14. The molecule has 0 radical (unpaired) electrons. The Morgan fingerprint density at radius 1 is 1.14 bits per heavy atom. The summed E-state index contributed by atoms with van der Waals surface area (Å²) >= 11 is 3.20. The fourth-order valence-electron chi connectivity index (χ4n) is 0.827. The molecule has 0 aliphatic rings. The van der Waals surface area contributed by atoms with Gasteiger partial charge in [0.25, 0.3) is 0 Å². The zero-order valence-corrected chi connectivity index (χ0v) is 10.2. The van der Waals surface area contributed by atoms with Crippen molar-refractivity contribution < 1.29 is 13.2 Å². The molecule has 0 aliphatic carbocycles. The second-order valence-electron chi connectivity index (χ2n) is 2.40. The van der Waals surface area contributed by atoms with E-state index in [1.807, 2.05) is 4.97 Å². The van der Waals surface area contributed by atoms with Crippen molar-refractivity contribution in [2.24, 2.45) is 0 Å². The summed E-state index contributed by atoms with van der Waals surface area (Å²) in [6, 6.07) is 5.24. The Balaban J connectivity index is 2.79. The molecule has 0 saturated carbocycles. The van der Waals surface area contributed by atoms with Crippen LogP contribution in [-0.4, -0.2) is 15.0 Å². The molecule has 0 atom stereocenters. The molecule has 5 heteroatoms. The van der Waals surface area contributed by atoms with E-state index in [9.17, 15) is 13.2 Å². The fourth-order valence-corrected chi connectivity index (χ4v) is 2.44. The van der Waals surface area contributed by atoms with Crippen LogP contribution in [-0.2, 0) is 6.18 Å². The monoisotopic (exact) mass is 330 g/mol. The third kappa shape index (κ3) is 3.48. The first-order valence-electron chi connectivity index (χ1n) is 3.63. The van der Waals surface area contributed by atoms with E-state index in [0.29, 0.717) is 0 Å². The van der Waals surface area contributed by atoms with Crippen molar-refractivity contribution in [2.45, 2.75) is 6.18 Å². The Hall–Kier alpha value is -0.251. The fraction of sp³-hybridized carbons (Fsp3) is 0.111. The van der Waals surface area contributed by atoms with E-state index in [-0.39, 0.29) is 15.0 Å². The third-order valence-corrected chi connectivity index (χ3v) is 4.20. The van der Waals surface area contributed by atoms with Crippen molar-refractivity contribution in [2.75, 3.05) is 0 Å². The topological polar surface area (TPSA) is 0 Å². The first kappa shape index (κ1) is 11.8. The van der Waals surface area contributed by atoms with Gasteiger partial charge in [-0.3, -0.25) is 0 Å². The molecule has 1 rings (SSSR count). The van der Waals surface area contributed by atoms with Crippen molar-refractivity contribution in [1.82, 2.24) is 0 Å². The summed E-state index contributed by atoms with van der Waals surface area (Å²) < 4.78 is 37.4. The molecule has 1 aromatic carbocycles. The maximum absolute atomic E-state index is 12.2. The van der Waals surface area contributed by atoms with Crippen LogP contribution in [0.15, 0.2) is 34.2 Å². The van der Waals surface area contributed by atoms with Gasteiger partial charge in [0, 0.05) is 0 Å². The quantitative estimate of drug-likeness (QED) is 0.732. The minimum absolute atomic E-state index is 0.0909. The zero-order valence-electron chi connectivity index (χ0n) is 6.88. The van der Waals surface area contributed by atoms with Gasteiger partial charge in [-0.15, -0.1) is 0 Å². The van der Waals surface area contributed by atoms with E-state index in [4.69, 9.17) is 0 Å². The van der Waals surface area contributed by atoms with Crippen molar-refractivity contribution in [3.05, 3.63) is 39.8 Å². The van der Waals surface area contributed by atoms with Crippen LogP contribution in [0.4, 0.5) is 13.2 Å². The summed E-state index contributed by atoms with van der Waals surface area (Å²) in [7, 11) is 0. The molecule has 0 spiro atoms. The Labute approximate surface area is 94.5 Å². The third-order valence-electron chi connectivity index (χ3n) is 1.44. The Morgan fingerprint density at radius 2 is 1.71 bits per heavy atom. The molecular weight excluding hydrogens is 324 g/mol. The van der Waals surface area contributed by atoms with Gasteiger partial charge in [0.05, 0.1) is 0 Å². The number of rotatable bonds is 2. The molecule has 14 heavy (non-hydrogen) atoms. The summed E-state index contributed by atoms with van der Waals surface area (Å²) in [6.45, 7) is 0. The number of alkyl halides is 3. The van der Waals surface area contributed by atoms with Crippen LogP contribution < -0.4 is 4.46 Å². The Kier molecular flexibility index (Phi) is 4.23. The molecule has 0 heterocycles. The van der Waals surface area contributed by atoms with E-state index < -0.39 is 11.7 Å².